The van der Waals surface area contributed by atoms with Crippen LogP contribution in [0.1, 0.15) is 35.8 Å². The number of benzene rings is 2. The zero-order chi connectivity index (χ0) is 28.3. The molecule has 0 saturated carbocycles. The number of nitrogens with one attached hydrogen (secondary N) is 1. The Labute approximate surface area is 240 Å². The van der Waals surface area contributed by atoms with E-state index >= 15 is 0 Å². The van der Waals surface area contributed by atoms with Gasteiger partial charge in [0.2, 0.25) is 5.91 Å². The fourth-order valence-electron chi connectivity index (χ4n) is 4.84. The van der Waals surface area contributed by atoms with Gasteiger partial charge in [0, 0.05) is 30.3 Å². The molecule has 9 heteroatoms. The molecule has 1 atom stereocenters. The van der Waals surface area contributed by atoms with Crippen LogP contribution in [0.3, 0.4) is 0 Å². The number of para-hydroxylation sites is 1. The van der Waals surface area contributed by atoms with Crippen molar-refractivity contribution < 1.29 is 23.8 Å². The Kier molecular flexibility index (Phi) is 10.8. The average Bonchev–Trinajstić information content (AvgIpc) is 3.69. The van der Waals surface area contributed by atoms with E-state index in [4.69, 9.17) is 14.2 Å². The van der Waals surface area contributed by atoms with E-state index in [9.17, 15) is 9.59 Å². The summed E-state index contributed by atoms with van der Waals surface area (Å²) in [5.41, 5.74) is 2.85. The van der Waals surface area contributed by atoms with Crippen molar-refractivity contribution in [3.8, 4) is 11.5 Å². The highest BCUT2D eigenvalue weighted by molar-refractivity contribution is 7.09. The van der Waals surface area contributed by atoms with Crippen molar-refractivity contribution in [2.45, 2.75) is 45.3 Å². The van der Waals surface area contributed by atoms with Crippen molar-refractivity contribution in [1.82, 2.24) is 9.80 Å². The summed E-state index contributed by atoms with van der Waals surface area (Å²) >= 11 is 1.62. The topological polar surface area (TPSA) is 80.3 Å². The SMILES string of the molecule is CCc1ccccc1NC(=O)N(CC(=O)N(CCc1ccc(OC)c(OC)c1)Cc1cccs1)CC1CCCO1. The van der Waals surface area contributed by atoms with Gasteiger partial charge >= 0.3 is 6.03 Å². The number of methoxy groups -OCH3 is 2. The van der Waals surface area contributed by atoms with Gasteiger partial charge in [-0.25, -0.2) is 4.79 Å². The van der Waals surface area contributed by atoms with E-state index in [2.05, 4.69) is 12.2 Å². The molecule has 40 heavy (non-hydrogen) atoms. The Morgan fingerprint density at radius 1 is 1.05 bits per heavy atom. The van der Waals surface area contributed by atoms with Crippen molar-refractivity contribution in [3.63, 3.8) is 0 Å². The molecule has 2 heterocycles. The predicted molar refractivity (Wildman–Crippen MR) is 158 cm³/mol. The average molecular weight is 566 g/mol. The number of carbonyl (C=O) groups is 2. The number of hydrogen-bond donors (Lipinski definition) is 1. The van der Waals surface area contributed by atoms with Crippen LogP contribution >= 0.6 is 11.3 Å². The number of aryl methyl sites for hydroxylation is 1. The molecule has 3 aromatic rings. The summed E-state index contributed by atoms with van der Waals surface area (Å²) in [6, 6.07) is 17.3. The minimum atomic E-state index is -0.291. The van der Waals surface area contributed by atoms with Crippen LogP contribution < -0.4 is 14.8 Å². The molecule has 1 saturated heterocycles. The monoisotopic (exact) mass is 565 g/mol. The van der Waals surface area contributed by atoms with Crippen LogP contribution in [0.4, 0.5) is 10.5 Å². The van der Waals surface area contributed by atoms with E-state index in [1.807, 2.05) is 64.9 Å². The standard InChI is InChI=1S/C31H39N3O5S/c1-4-24-9-5-6-12-27(24)32-31(36)34(20-25-10-7-17-39-25)22-30(35)33(21-26-11-8-18-40-26)16-15-23-13-14-28(37-2)29(19-23)38-3/h5-6,8-9,11-14,18-19,25H,4,7,10,15-17,20-22H2,1-3H3,(H,32,36). The molecule has 1 unspecified atom stereocenters. The summed E-state index contributed by atoms with van der Waals surface area (Å²) in [7, 11) is 3.22. The molecular weight excluding hydrogens is 526 g/mol. The van der Waals surface area contributed by atoms with Gasteiger partial charge in [-0.1, -0.05) is 37.3 Å². The van der Waals surface area contributed by atoms with Crippen LogP contribution in [0.25, 0.3) is 0 Å². The van der Waals surface area contributed by atoms with Crippen molar-refractivity contribution >= 4 is 29.0 Å². The van der Waals surface area contributed by atoms with Crippen molar-refractivity contribution in [3.05, 3.63) is 76.0 Å². The maximum atomic E-state index is 13.8. The lowest BCUT2D eigenvalue weighted by molar-refractivity contribution is -0.132. The maximum absolute atomic E-state index is 13.8. The van der Waals surface area contributed by atoms with Crippen LogP contribution in [0.2, 0.25) is 0 Å². The Morgan fingerprint density at radius 2 is 1.88 bits per heavy atom. The molecule has 1 aliphatic rings. The lowest BCUT2D eigenvalue weighted by Gasteiger charge is -2.29. The maximum Gasteiger partial charge on any atom is 0.322 e. The highest BCUT2D eigenvalue weighted by atomic mass is 32.1. The Balaban J connectivity index is 1.50. The number of ether oxygens (including phenoxy) is 3. The van der Waals surface area contributed by atoms with E-state index in [0.29, 0.717) is 44.2 Å². The van der Waals surface area contributed by atoms with E-state index in [1.54, 1.807) is 30.5 Å². The van der Waals surface area contributed by atoms with Gasteiger partial charge in [0.25, 0.3) is 0 Å². The summed E-state index contributed by atoms with van der Waals surface area (Å²) in [5, 5.41) is 5.05. The molecule has 1 N–H and O–H groups in total. The molecule has 0 spiro atoms. The third kappa shape index (κ3) is 7.99. The normalized spacial score (nSPS) is 14.5. The number of urea groups is 1. The van der Waals surface area contributed by atoms with Gasteiger partial charge in [-0.05, 0) is 66.5 Å². The lowest BCUT2D eigenvalue weighted by atomic mass is 10.1. The number of hydrogen-bond acceptors (Lipinski definition) is 6. The summed E-state index contributed by atoms with van der Waals surface area (Å²) in [6.45, 7) is 4.06. The number of thiophene rings is 1. The van der Waals surface area contributed by atoms with Gasteiger partial charge in [-0.15, -0.1) is 11.3 Å². The second-order valence-electron chi connectivity index (χ2n) is 9.79. The van der Waals surface area contributed by atoms with E-state index < -0.39 is 0 Å². The van der Waals surface area contributed by atoms with Crippen molar-refractivity contribution in [2.24, 2.45) is 0 Å². The first-order chi connectivity index (χ1) is 19.5. The largest absolute Gasteiger partial charge is 0.493 e. The van der Waals surface area contributed by atoms with E-state index in [0.717, 1.165) is 41.0 Å². The molecule has 3 amide bonds. The third-order valence-electron chi connectivity index (χ3n) is 7.10. The molecule has 2 aromatic carbocycles. The number of anilines is 1. The van der Waals surface area contributed by atoms with Crippen LogP contribution in [-0.2, 0) is 28.9 Å². The number of carbonyl (C=O) groups excluding carboxylic acids is 2. The zero-order valence-electron chi connectivity index (χ0n) is 23.6. The highest BCUT2D eigenvalue weighted by Crippen LogP contribution is 2.28. The first-order valence-corrected chi connectivity index (χ1v) is 14.6. The summed E-state index contributed by atoms with van der Waals surface area (Å²) in [5.74, 6) is 1.21. The third-order valence-corrected chi connectivity index (χ3v) is 7.96. The van der Waals surface area contributed by atoms with Crippen LogP contribution in [0.5, 0.6) is 11.5 Å². The first-order valence-electron chi connectivity index (χ1n) is 13.8. The van der Waals surface area contributed by atoms with Crippen molar-refractivity contribution in [1.29, 1.82) is 0 Å². The number of rotatable bonds is 13. The van der Waals surface area contributed by atoms with Crippen LogP contribution in [-0.4, -0.2) is 68.3 Å². The van der Waals surface area contributed by atoms with E-state index in [-0.39, 0.29) is 24.6 Å². The molecular formula is C31H39N3O5S. The molecule has 0 aliphatic carbocycles. The van der Waals surface area contributed by atoms with Crippen LogP contribution in [0, 0.1) is 0 Å². The lowest BCUT2D eigenvalue weighted by Crippen LogP contribution is -2.47. The summed E-state index contributed by atoms with van der Waals surface area (Å²) in [6.07, 6.45) is 3.20. The van der Waals surface area contributed by atoms with Crippen molar-refractivity contribution in [2.75, 3.05) is 45.8 Å². The summed E-state index contributed by atoms with van der Waals surface area (Å²) < 4.78 is 16.7. The second kappa shape index (κ2) is 14.7. The van der Waals surface area contributed by atoms with Gasteiger partial charge in [-0.2, -0.15) is 0 Å². The Morgan fingerprint density at radius 3 is 2.58 bits per heavy atom. The molecule has 1 fully saturated rings. The molecule has 1 aliphatic heterocycles. The Hall–Kier alpha value is -3.56. The molecule has 0 bridgehead atoms. The molecule has 0 radical (unpaired) electrons. The minimum absolute atomic E-state index is 0.0305. The zero-order valence-corrected chi connectivity index (χ0v) is 24.4. The van der Waals surface area contributed by atoms with Gasteiger partial charge in [0.1, 0.15) is 6.54 Å². The number of nitrogens with zero attached hydrogens (tertiary/aromatic N) is 2. The van der Waals surface area contributed by atoms with Gasteiger partial charge in [0.05, 0.1) is 26.9 Å². The van der Waals surface area contributed by atoms with Gasteiger partial charge < -0.3 is 29.3 Å². The highest BCUT2D eigenvalue weighted by Gasteiger charge is 2.27. The predicted octanol–water partition coefficient (Wildman–Crippen LogP) is 5.61. The second-order valence-corrected chi connectivity index (χ2v) is 10.8. The molecule has 214 valence electrons. The molecule has 8 nitrogen and oxygen atoms in total. The number of amides is 3. The quantitative estimate of drug-likeness (QED) is 0.291. The van der Waals surface area contributed by atoms with Gasteiger partial charge in [-0.3, -0.25) is 4.79 Å². The summed E-state index contributed by atoms with van der Waals surface area (Å²) in [4.78, 5) is 31.8. The Bertz CT molecular complexity index is 1240. The smallest absolute Gasteiger partial charge is 0.322 e. The van der Waals surface area contributed by atoms with E-state index in [1.165, 1.54) is 0 Å². The fraction of sp³-hybridized carbons (Fsp3) is 0.419. The fourth-order valence-corrected chi connectivity index (χ4v) is 5.56. The van der Waals surface area contributed by atoms with Gasteiger partial charge in [0.15, 0.2) is 11.5 Å². The molecule has 4 rings (SSSR count). The minimum Gasteiger partial charge on any atom is -0.493 e. The van der Waals surface area contributed by atoms with Crippen LogP contribution in [0.15, 0.2) is 60.0 Å². The first kappa shape index (κ1) is 29.4. The molecule has 1 aromatic heterocycles.